The molecular weight excluding hydrogens is 191 g/mol. The van der Waals surface area contributed by atoms with Gasteiger partial charge in [0.1, 0.15) is 0 Å². The highest BCUT2D eigenvalue weighted by molar-refractivity contribution is 8.63. The Bertz CT molecular complexity index is 131. The van der Waals surface area contributed by atoms with Crippen LogP contribution in [0.1, 0.15) is 20.3 Å². The summed E-state index contributed by atoms with van der Waals surface area (Å²) < 4.78 is 16.0. The third kappa shape index (κ3) is 5.60. The first-order valence-corrected chi connectivity index (χ1v) is 7.33. The molecule has 0 aliphatic heterocycles. The van der Waals surface area contributed by atoms with Gasteiger partial charge in [0.2, 0.25) is 0 Å². The van der Waals surface area contributed by atoms with Gasteiger partial charge >= 0.3 is 5.92 Å². The number of rotatable bonds is 5. The molecule has 0 saturated carbocycles. The molecule has 0 fully saturated rings. The SMILES string of the molecule is CCCOP(=O)(Cl)SCC. The molecule has 0 aromatic carbocycles. The lowest BCUT2D eigenvalue weighted by Gasteiger charge is -2.07. The van der Waals surface area contributed by atoms with Crippen molar-refractivity contribution < 1.29 is 9.09 Å². The van der Waals surface area contributed by atoms with Crippen LogP contribution in [0.2, 0.25) is 0 Å². The van der Waals surface area contributed by atoms with Crippen molar-refractivity contribution in [2.45, 2.75) is 20.3 Å². The monoisotopic (exact) mass is 202 g/mol. The van der Waals surface area contributed by atoms with E-state index >= 15 is 0 Å². The summed E-state index contributed by atoms with van der Waals surface area (Å²) in [5, 5.41) is 0. The fourth-order valence-electron chi connectivity index (χ4n) is 0.392. The van der Waals surface area contributed by atoms with E-state index in [0.717, 1.165) is 12.2 Å². The van der Waals surface area contributed by atoms with E-state index in [-0.39, 0.29) is 0 Å². The number of hydrogen-bond donors (Lipinski definition) is 0. The van der Waals surface area contributed by atoms with E-state index < -0.39 is 5.92 Å². The van der Waals surface area contributed by atoms with Gasteiger partial charge in [-0.3, -0.25) is 4.57 Å². The molecule has 0 N–H and O–H groups in total. The van der Waals surface area contributed by atoms with Crippen LogP contribution >= 0.6 is 28.5 Å². The highest BCUT2D eigenvalue weighted by Crippen LogP contribution is 2.64. The molecule has 10 heavy (non-hydrogen) atoms. The van der Waals surface area contributed by atoms with Crippen molar-refractivity contribution in [1.82, 2.24) is 0 Å². The molecule has 0 heterocycles. The Kier molecular flexibility index (Phi) is 5.93. The molecule has 5 heteroatoms. The normalized spacial score (nSPS) is 16.7. The van der Waals surface area contributed by atoms with E-state index in [1.807, 2.05) is 13.8 Å². The van der Waals surface area contributed by atoms with Gasteiger partial charge < -0.3 is 4.52 Å². The van der Waals surface area contributed by atoms with E-state index in [1.165, 1.54) is 11.4 Å². The number of hydrogen-bond acceptors (Lipinski definition) is 3. The van der Waals surface area contributed by atoms with Crippen LogP contribution in [0.15, 0.2) is 0 Å². The Morgan fingerprint density at radius 2 is 2.20 bits per heavy atom. The summed E-state index contributed by atoms with van der Waals surface area (Å²) in [5.74, 6) is -2.09. The summed E-state index contributed by atoms with van der Waals surface area (Å²) in [4.78, 5) is 0. The maximum absolute atomic E-state index is 11.1. The Labute approximate surface area is 70.7 Å². The zero-order valence-corrected chi connectivity index (χ0v) is 8.64. The standard InChI is InChI=1S/C5H12ClO2PS/c1-3-5-8-9(6,7)10-4-2/h3-5H2,1-2H3. The second kappa shape index (κ2) is 5.48. The zero-order valence-electron chi connectivity index (χ0n) is 6.17. The van der Waals surface area contributed by atoms with Crippen molar-refractivity contribution in [2.75, 3.05) is 12.4 Å². The number of halogens is 1. The van der Waals surface area contributed by atoms with Crippen LogP contribution in [0.25, 0.3) is 0 Å². The highest BCUT2D eigenvalue weighted by atomic mass is 35.7. The van der Waals surface area contributed by atoms with E-state index in [4.69, 9.17) is 15.8 Å². The predicted octanol–water partition coefficient (Wildman–Crippen LogP) is 3.51. The first-order valence-electron chi connectivity index (χ1n) is 3.21. The van der Waals surface area contributed by atoms with E-state index in [0.29, 0.717) is 6.61 Å². The van der Waals surface area contributed by atoms with Crippen molar-refractivity contribution in [1.29, 1.82) is 0 Å². The first-order chi connectivity index (χ1) is 4.62. The van der Waals surface area contributed by atoms with Gasteiger partial charge in [0.15, 0.2) is 0 Å². The topological polar surface area (TPSA) is 26.3 Å². The summed E-state index contributed by atoms with van der Waals surface area (Å²) in [5.41, 5.74) is 0. The molecule has 0 bridgehead atoms. The fraction of sp³-hybridized carbons (Fsp3) is 1.00. The van der Waals surface area contributed by atoms with Crippen molar-refractivity contribution in [3.63, 3.8) is 0 Å². The average Bonchev–Trinajstić information content (AvgIpc) is 1.84. The third-order valence-corrected chi connectivity index (χ3v) is 4.98. The molecule has 1 atom stereocenters. The van der Waals surface area contributed by atoms with Gasteiger partial charge in [0, 0.05) is 5.75 Å². The Balaban J connectivity index is 3.53. The summed E-state index contributed by atoms with van der Waals surface area (Å²) in [6.07, 6.45) is 0.848. The van der Waals surface area contributed by atoms with Crippen molar-refractivity contribution in [2.24, 2.45) is 0 Å². The van der Waals surface area contributed by atoms with Crippen LogP contribution in [-0.2, 0) is 9.09 Å². The molecular formula is C5H12ClO2PS. The van der Waals surface area contributed by atoms with Crippen molar-refractivity contribution in [3.05, 3.63) is 0 Å². The molecule has 0 aliphatic carbocycles. The Hall–Kier alpha value is 0.830. The molecule has 0 radical (unpaired) electrons. The minimum Gasteiger partial charge on any atom is -0.310 e. The second-order valence-electron chi connectivity index (χ2n) is 1.68. The van der Waals surface area contributed by atoms with Gasteiger partial charge in [0.05, 0.1) is 6.61 Å². The quantitative estimate of drug-likeness (QED) is 0.639. The van der Waals surface area contributed by atoms with Crippen LogP contribution in [-0.4, -0.2) is 12.4 Å². The fourth-order valence-corrected chi connectivity index (χ4v) is 3.63. The van der Waals surface area contributed by atoms with Crippen LogP contribution < -0.4 is 0 Å². The maximum atomic E-state index is 11.1. The van der Waals surface area contributed by atoms with Crippen LogP contribution in [0.4, 0.5) is 0 Å². The lowest BCUT2D eigenvalue weighted by molar-refractivity contribution is 0.334. The molecule has 62 valence electrons. The van der Waals surface area contributed by atoms with Crippen molar-refractivity contribution in [3.8, 4) is 0 Å². The molecule has 0 aromatic rings. The molecule has 0 saturated heterocycles. The van der Waals surface area contributed by atoms with Crippen LogP contribution in [0.3, 0.4) is 0 Å². The van der Waals surface area contributed by atoms with Gasteiger partial charge in [0.25, 0.3) is 0 Å². The van der Waals surface area contributed by atoms with Crippen molar-refractivity contribution >= 4 is 28.5 Å². The molecule has 0 rings (SSSR count). The second-order valence-corrected chi connectivity index (χ2v) is 7.79. The van der Waals surface area contributed by atoms with E-state index in [9.17, 15) is 4.57 Å². The van der Waals surface area contributed by atoms with Gasteiger partial charge in [-0.1, -0.05) is 25.2 Å². The molecule has 0 spiro atoms. The third-order valence-electron chi connectivity index (χ3n) is 0.733. The first kappa shape index (κ1) is 10.8. The summed E-state index contributed by atoms with van der Waals surface area (Å²) >= 11 is 6.68. The van der Waals surface area contributed by atoms with Gasteiger partial charge in [-0.2, -0.15) is 0 Å². The lowest BCUT2D eigenvalue weighted by Crippen LogP contribution is -1.84. The zero-order chi connectivity index (χ0) is 8.04. The van der Waals surface area contributed by atoms with E-state index in [1.54, 1.807) is 0 Å². The van der Waals surface area contributed by atoms with Gasteiger partial charge in [-0.25, -0.2) is 0 Å². The van der Waals surface area contributed by atoms with Crippen LogP contribution in [0.5, 0.6) is 0 Å². The predicted molar refractivity (Wildman–Crippen MR) is 47.8 cm³/mol. The molecule has 0 aliphatic rings. The summed E-state index contributed by atoms with van der Waals surface area (Å²) in [7, 11) is 0. The maximum Gasteiger partial charge on any atom is 0.346 e. The molecule has 1 unspecified atom stereocenters. The molecule has 2 nitrogen and oxygen atoms in total. The smallest absolute Gasteiger partial charge is 0.310 e. The Morgan fingerprint density at radius 1 is 1.60 bits per heavy atom. The van der Waals surface area contributed by atoms with E-state index in [2.05, 4.69) is 0 Å². The minimum atomic E-state index is -2.82. The highest BCUT2D eigenvalue weighted by Gasteiger charge is 2.17. The minimum absolute atomic E-state index is 0.480. The van der Waals surface area contributed by atoms with Gasteiger partial charge in [-0.05, 0) is 17.7 Å². The Morgan fingerprint density at radius 3 is 2.60 bits per heavy atom. The van der Waals surface area contributed by atoms with Gasteiger partial charge in [-0.15, -0.1) is 0 Å². The molecule has 0 aromatic heterocycles. The summed E-state index contributed by atoms with van der Waals surface area (Å²) in [6.45, 7) is 4.33. The van der Waals surface area contributed by atoms with Crippen LogP contribution in [0, 0.1) is 0 Å². The molecule has 0 amide bonds. The largest absolute Gasteiger partial charge is 0.346 e. The summed E-state index contributed by atoms with van der Waals surface area (Å²) in [6, 6.07) is 0. The lowest BCUT2D eigenvalue weighted by atomic mass is 10.5. The average molecular weight is 203 g/mol.